The number of aromatic nitrogens is 5. The molecule has 0 bridgehead atoms. The summed E-state index contributed by atoms with van der Waals surface area (Å²) in [5, 5.41) is 13.8. The van der Waals surface area contributed by atoms with Gasteiger partial charge in [0.2, 0.25) is 0 Å². The second kappa shape index (κ2) is 10.5. The van der Waals surface area contributed by atoms with Gasteiger partial charge in [-0.3, -0.25) is 9.69 Å². The standard InChI is InChI=1S/C29H32N6O2/c1-19(2)27(28-31-32-33-35(28)18-24-11-8-14-37-24)34(16-22-9-6-5-7-10-22)17-23-15-25-20(3)12-13-21(4)26(25)30-29(23)36/h5-15,19,27H,16-18H2,1-4H3,(H,30,36)/t27-/m1/s1. The highest BCUT2D eigenvalue weighted by Crippen LogP contribution is 2.31. The molecule has 2 aromatic carbocycles. The molecule has 0 fully saturated rings. The number of rotatable bonds is 9. The normalized spacial score (nSPS) is 12.6. The molecule has 0 aliphatic heterocycles. The van der Waals surface area contributed by atoms with Crippen molar-refractivity contribution in [1.29, 1.82) is 0 Å². The fraction of sp³-hybridized carbons (Fsp3) is 0.310. The Morgan fingerprint density at radius 3 is 2.51 bits per heavy atom. The Labute approximate surface area is 215 Å². The topological polar surface area (TPSA) is 92.8 Å². The number of benzene rings is 2. The Morgan fingerprint density at radius 2 is 1.78 bits per heavy atom. The van der Waals surface area contributed by atoms with Gasteiger partial charge in [0.1, 0.15) is 12.3 Å². The summed E-state index contributed by atoms with van der Waals surface area (Å²) >= 11 is 0. The Bertz CT molecular complexity index is 1540. The molecule has 37 heavy (non-hydrogen) atoms. The third kappa shape index (κ3) is 5.24. The van der Waals surface area contributed by atoms with E-state index in [2.05, 4.69) is 64.4 Å². The van der Waals surface area contributed by atoms with Gasteiger partial charge in [0, 0.05) is 24.0 Å². The highest BCUT2D eigenvalue weighted by Gasteiger charge is 2.30. The van der Waals surface area contributed by atoms with Crippen molar-refractivity contribution < 1.29 is 4.42 Å². The van der Waals surface area contributed by atoms with Crippen molar-refractivity contribution in [3.05, 3.63) is 111 Å². The molecule has 0 unspecified atom stereocenters. The third-order valence-corrected chi connectivity index (χ3v) is 6.86. The molecule has 1 N–H and O–H groups in total. The number of H-pyrrole nitrogens is 1. The first kappa shape index (κ1) is 24.6. The van der Waals surface area contributed by atoms with E-state index in [-0.39, 0.29) is 17.5 Å². The quantitative estimate of drug-likeness (QED) is 0.303. The van der Waals surface area contributed by atoms with Crippen LogP contribution in [-0.4, -0.2) is 30.1 Å². The maximum atomic E-state index is 13.3. The van der Waals surface area contributed by atoms with Crippen LogP contribution in [0.5, 0.6) is 0 Å². The van der Waals surface area contributed by atoms with E-state index in [1.54, 1.807) is 10.9 Å². The van der Waals surface area contributed by atoms with Crippen molar-refractivity contribution in [2.45, 2.75) is 53.4 Å². The third-order valence-electron chi connectivity index (χ3n) is 6.86. The molecule has 3 aromatic heterocycles. The number of fused-ring (bicyclic) bond motifs is 1. The lowest BCUT2D eigenvalue weighted by atomic mass is 9.99. The molecule has 0 aliphatic rings. The summed E-state index contributed by atoms with van der Waals surface area (Å²) in [5.74, 6) is 1.70. The smallest absolute Gasteiger partial charge is 0.252 e. The zero-order chi connectivity index (χ0) is 25.9. The average Bonchev–Trinajstić information content (AvgIpc) is 3.56. The first-order valence-electron chi connectivity index (χ1n) is 12.6. The van der Waals surface area contributed by atoms with Crippen molar-refractivity contribution in [1.82, 2.24) is 30.1 Å². The molecule has 0 saturated heterocycles. The second-order valence-electron chi connectivity index (χ2n) is 9.97. The van der Waals surface area contributed by atoms with E-state index < -0.39 is 0 Å². The van der Waals surface area contributed by atoms with Crippen molar-refractivity contribution in [3.8, 4) is 0 Å². The van der Waals surface area contributed by atoms with Gasteiger partial charge < -0.3 is 9.40 Å². The van der Waals surface area contributed by atoms with Gasteiger partial charge in [0.05, 0.1) is 17.8 Å². The van der Waals surface area contributed by atoms with E-state index in [0.29, 0.717) is 25.2 Å². The van der Waals surface area contributed by atoms with Gasteiger partial charge in [-0.1, -0.05) is 56.3 Å². The predicted molar refractivity (Wildman–Crippen MR) is 143 cm³/mol. The lowest BCUT2D eigenvalue weighted by Gasteiger charge is -2.33. The number of hydrogen-bond acceptors (Lipinski definition) is 6. The van der Waals surface area contributed by atoms with E-state index in [9.17, 15) is 4.79 Å². The number of furan rings is 1. The minimum absolute atomic E-state index is 0.0723. The number of nitrogens with zero attached hydrogens (tertiary/aromatic N) is 5. The molecule has 190 valence electrons. The molecule has 0 spiro atoms. The maximum Gasteiger partial charge on any atom is 0.252 e. The molecule has 8 heteroatoms. The van der Waals surface area contributed by atoms with Crippen LogP contribution < -0.4 is 5.56 Å². The molecule has 0 saturated carbocycles. The molecule has 3 heterocycles. The highest BCUT2D eigenvalue weighted by molar-refractivity contribution is 5.85. The van der Waals surface area contributed by atoms with Crippen LogP contribution in [0, 0.1) is 19.8 Å². The van der Waals surface area contributed by atoms with E-state index in [0.717, 1.165) is 39.2 Å². The number of tetrazole rings is 1. The van der Waals surface area contributed by atoms with Gasteiger partial charge in [-0.05, 0) is 65.1 Å². The monoisotopic (exact) mass is 496 g/mol. The first-order valence-corrected chi connectivity index (χ1v) is 12.6. The van der Waals surface area contributed by atoms with Crippen molar-refractivity contribution >= 4 is 10.9 Å². The fourth-order valence-electron chi connectivity index (χ4n) is 4.99. The molecule has 1 atom stereocenters. The molecule has 0 amide bonds. The van der Waals surface area contributed by atoms with Crippen LogP contribution in [0.4, 0.5) is 0 Å². The number of aromatic amines is 1. The number of nitrogens with one attached hydrogen (secondary N) is 1. The number of hydrogen-bond donors (Lipinski definition) is 1. The molecular formula is C29H32N6O2. The summed E-state index contributed by atoms with van der Waals surface area (Å²) in [4.78, 5) is 18.7. The second-order valence-corrected chi connectivity index (χ2v) is 9.97. The van der Waals surface area contributed by atoms with Gasteiger partial charge in [-0.25, -0.2) is 4.68 Å². The molecule has 8 nitrogen and oxygen atoms in total. The summed E-state index contributed by atoms with van der Waals surface area (Å²) in [5.41, 5.74) is 4.89. The SMILES string of the molecule is Cc1ccc(C)c2[nH]c(=O)c(CN(Cc3ccccc3)[C@@H](c3nnnn3Cc3ccco3)C(C)C)cc12. The summed E-state index contributed by atoms with van der Waals surface area (Å²) < 4.78 is 7.35. The summed E-state index contributed by atoms with van der Waals surface area (Å²) in [7, 11) is 0. The molecular weight excluding hydrogens is 464 g/mol. The minimum Gasteiger partial charge on any atom is -0.467 e. The largest absolute Gasteiger partial charge is 0.467 e. The van der Waals surface area contributed by atoms with Crippen LogP contribution in [-0.2, 0) is 19.6 Å². The Morgan fingerprint density at radius 1 is 1.00 bits per heavy atom. The maximum absolute atomic E-state index is 13.3. The van der Waals surface area contributed by atoms with E-state index in [1.807, 2.05) is 49.4 Å². The van der Waals surface area contributed by atoms with Gasteiger partial charge in [-0.15, -0.1) is 5.10 Å². The Balaban J connectivity index is 1.57. The molecule has 5 rings (SSSR count). The van der Waals surface area contributed by atoms with Crippen LogP contribution in [0.2, 0.25) is 0 Å². The van der Waals surface area contributed by atoms with Crippen LogP contribution >= 0.6 is 0 Å². The predicted octanol–water partition coefficient (Wildman–Crippen LogP) is 5.17. The van der Waals surface area contributed by atoms with Crippen LogP contribution in [0.1, 0.15) is 53.7 Å². The summed E-state index contributed by atoms with van der Waals surface area (Å²) in [6, 6.07) is 20.1. The minimum atomic E-state index is -0.140. The van der Waals surface area contributed by atoms with E-state index >= 15 is 0 Å². The van der Waals surface area contributed by atoms with Gasteiger partial charge in [0.15, 0.2) is 5.82 Å². The fourth-order valence-corrected chi connectivity index (χ4v) is 4.99. The number of pyridine rings is 1. The van der Waals surface area contributed by atoms with Gasteiger partial charge in [-0.2, -0.15) is 0 Å². The van der Waals surface area contributed by atoms with Crippen molar-refractivity contribution in [2.75, 3.05) is 0 Å². The lowest BCUT2D eigenvalue weighted by molar-refractivity contribution is 0.125. The van der Waals surface area contributed by atoms with E-state index in [4.69, 9.17) is 4.42 Å². The van der Waals surface area contributed by atoms with Crippen molar-refractivity contribution in [3.63, 3.8) is 0 Å². The zero-order valence-corrected chi connectivity index (χ0v) is 21.7. The Hall–Kier alpha value is -4.04. The summed E-state index contributed by atoms with van der Waals surface area (Å²) in [6.45, 7) is 9.94. The summed E-state index contributed by atoms with van der Waals surface area (Å²) in [6.07, 6.45) is 1.65. The number of aryl methyl sites for hydroxylation is 2. The molecule has 0 aliphatic carbocycles. The average molecular weight is 497 g/mol. The van der Waals surface area contributed by atoms with Crippen LogP contribution in [0.15, 0.2) is 76.1 Å². The van der Waals surface area contributed by atoms with Crippen LogP contribution in [0.3, 0.4) is 0 Å². The molecule has 0 radical (unpaired) electrons. The zero-order valence-electron chi connectivity index (χ0n) is 21.7. The van der Waals surface area contributed by atoms with Gasteiger partial charge in [0.25, 0.3) is 5.56 Å². The van der Waals surface area contributed by atoms with Crippen molar-refractivity contribution in [2.24, 2.45) is 5.92 Å². The molecule has 5 aromatic rings. The Kier molecular flexibility index (Phi) is 7.01. The highest BCUT2D eigenvalue weighted by atomic mass is 16.3. The van der Waals surface area contributed by atoms with E-state index in [1.165, 1.54) is 0 Å². The first-order chi connectivity index (χ1) is 17.9. The van der Waals surface area contributed by atoms with Gasteiger partial charge >= 0.3 is 0 Å². The van der Waals surface area contributed by atoms with Crippen LogP contribution in [0.25, 0.3) is 10.9 Å². The lowest BCUT2D eigenvalue weighted by Crippen LogP contribution is -2.35.